The van der Waals surface area contributed by atoms with Crippen LogP contribution in [0.3, 0.4) is 0 Å². The van der Waals surface area contributed by atoms with E-state index in [2.05, 4.69) is 5.32 Å². The lowest BCUT2D eigenvalue weighted by Gasteiger charge is -2.36. The van der Waals surface area contributed by atoms with Gasteiger partial charge in [0.25, 0.3) is 0 Å². The largest absolute Gasteiger partial charge is 0.376 e. The molecular weight excluding hydrogens is 264 g/mol. The van der Waals surface area contributed by atoms with Crippen molar-refractivity contribution >= 4 is 23.0 Å². The Morgan fingerprint density at radius 1 is 1.26 bits per heavy atom. The highest BCUT2D eigenvalue weighted by Gasteiger charge is 2.28. The second-order valence-electron chi connectivity index (χ2n) is 5.42. The molecule has 0 atom stereocenters. The molecule has 0 radical (unpaired) electrons. The monoisotopic (exact) mass is 284 g/mol. The maximum atomic E-state index is 6.06. The Balaban J connectivity index is 2.09. The van der Waals surface area contributed by atoms with Gasteiger partial charge in [-0.1, -0.05) is 11.6 Å². The van der Waals surface area contributed by atoms with Crippen molar-refractivity contribution in [1.29, 1.82) is 0 Å². The van der Waals surface area contributed by atoms with Crippen molar-refractivity contribution in [3.63, 3.8) is 0 Å². The van der Waals surface area contributed by atoms with Crippen molar-refractivity contribution in [3.8, 4) is 0 Å². The summed E-state index contributed by atoms with van der Waals surface area (Å²) >= 11 is 6.06. The molecule has 2 rings (SSSR count). The van der Waals surface area contributed by atoms with Gasteiger partial charge in [-0.2, -0.15) is 0 Å². The van der Waals surface area contributed by atoms with E-state index in [1.165, 1.54) is 0 Å². The molecule has 4 nitrogen and oxygen atoms in total. The molecule has 0 unspecified atom stereocenters. The summed E-state index contributed by atoms with van der Waals surface area (Å²) in [6.07, 6.45) is 0. The van der Waals surface area contributed by atoms with Crippen LogP contribution in [0, 0.1) is 0 Å². The Bertz CT molecular complexity index is 439. The SMILES string of the molecule is CN(C)c1ccc(Cl)cc1NC1COC(C)(C)OC1. The number of hydrogen-bond donors (Lipinski definition) is 1. The molecule has 0 saturated carbocycles. The van der Waals surface area contributed by atoms with Crippen molar-refractivity contribution in [1.82, 2.24) is 0 Å². The predicted octanol–water partition coefficient (Wildman–Crippen LogP) is 2.97. The Hall–Kier alpha value is -0.970. The Morgan fingerprint density at radius 3 is 2.47 bits per heavy atom. The van der Waals surface area contributed by atoms with Crippen LogP contribution in [0.5, 0.6) is 0 Å². The molecule has 1 aromatic carbocycles. The molecule has 0 aliphatic carbocycles. The number of anilines is 2. The second kappa shape index (κ2) is 5.57. The standard InChI is InChI=1S/C14H21ClN2O2/c1-14(2)18-8-11(9-19-14)16-12-7-10(15)5-6-13(12)17(3)4/h5-7,11,16H,8-9H2,1-4H3. The number of nitrogens with one attached hydrogen (secondary N) is 1. The molecule has 1 saturated heterocycles. The van der Waals surface area contributed by atoms with Crippen molar-refractivity contribution in [2.75, 3.05) is 37.5 Å². The first-order valence-corrected chi connectivity index (χ1v) is 6.76. The van der Waals surface area contributed by atoms with E-state index >= 15 is 0 Å². The van der Waals surface area contributed by atoms with Gasteiger partial charge in [-0.3, -0.25) is 0 Å². The Labute approximate surface area is 119 Å². The zero-order valence-corrected chi connectivity index (χ0v) is 12.6. The third kappa shape index (κ3) is 3.75. The number of benzene rings is 1. The van der Waals surface area contributed by atoms with Gasteiger partial charge in [-0.05, 0) is 32.0 Å². The topological polar surface area (TPSA) is 33.7 Å². The first-order valence-electron chi connectivity index (χ1n) is 6.39. The molecule has 1 aliphatic rings. The van der Waals surface area contributed by atoms with Crippen molar-refractivity contribution in [2.24, 2.45) is 0 Å². The van der Waals surface area contributed by atoms with Crippen LogP contribution in [-0.2, 0) is 9.47 Å². The van der Waals surface area contributed by atoms with Gasteiger partial charge in [-0.25, -0.2) is 0 Å². The summed E-state index contributed by atoms with van der Waals surface area (Å²) in [5, 5.41) is 4.15. The molecule has 1 N–H and O–H groups in total. The number of hydrogen-bond acceptors (Lipinski definition) is 4. The second-order valence-corrected chi connectivity index (χ2v) is 5.86. The minimum absolute atomic E-state index is 0.130. The maximum Gasteiger partial charge on any atom is 0.162 e. The number of nitrogens with zero attached hydrogens (tertiary/aromatic N) is 1. The first kappa shape index (κ1) is 14.4. The minimum atomic E-state index is -0.489. The summed E-state index contributed by atoms with van der Waals surface area (Å²) in [6.45, 7) is 5.08. The van der Waals surface area contributed by atoms with Gasteiger partial charge in [0.15, 0.2) is 5.79 Å². The van der Waals surface area contributed by atoms with Crippen LogP contribution < -0.4 is 10.2 Å². The van der Waals surface area contributed by atoms with Gasteiger partial charge in [0.2, 0.25) is 0 Å². The quantitative estimate of drug-likeness (QED) is 0.925. The van der Waals surface area contributed by atoms with Gasteiger partial charge in [-0.15, -0.1) is 0 Å². The lowest BCUT2D eigenvalue weighted by Crippen LogP contribution is -2.45. The fourth-order valence-electron chi connectivity index (χ4n) is 2.01. The fourth-order valence-corrected chi connectivity index (χ4v) is 2.18. The Kier molecular flexibility index (Phi) is 4.23. The summed E-state index contributed by atoms with van der Waals surface area (Å²) in [5.41, 5.74) is 2.09. The third-order valence-electron chi connectivity index (χ3n) is 3.06. The van der Waals surface area contributed by atoms with Crippen LogP contribution in [0.15, 0.2) is 18.2 Å². The van der Waals surface area contributed by atoms with E-state index in [-0.39, 0.29) is 6.04 Å². The van der Waals surface area contributed by atoms with Crippen LogP contribution in [0.25, 0.3) is 0 Å². The van der Waals surface area contributed by atoms with Crippen LogP contribution in [0.2, 0.25) is 5.02 Å². The van der Waals surface area contributed by atoms with Gasteiger partial charge < -0.3 is 19.7 Å². The van der Waals surface area contributed by atoms with E-state index in [0.717, 1.165) is 11.4 Å². The Morgan fingerprint density at radius 2 is 1.89 bits per heavy atom. The van der Waals surface area contributed by atoms with Gasteiger partial charge >= 0.3 is 0 Å². The van der Waals surface area contributed by atoms with Gasteiger partial charge in [0.05, 0.1) is 30.6 Å². The highest BCUT2D eigenvalue weighted by Crippen LogP contribution is 2.29. The minimum Gasteiger partial charge on any atom is -0.376 e. The van der Waals surface area contributed by atoms with Crippen molar-refractivity contribution in [3.05, 3.63) is 23.2 Å². The summed E-state index contributed by atoms with van der Waals surface area (Å²) in [7, 11) is 4.01. The number of ether oxygens (including phenoxy) is 2. The highest BCUT2D eigenvalue weighted by atomic mass is 35.5. The summed E-state index contributed by atoms with van der Waals surface area (Å²) in [6, 6.07) is 5.94. The molecule has 106 valence electrons. The van der Waals surface area contributed by atoms with Crippen molar-refractivity contribution in [2.45, 2.75) is 25.7 Å². The number of rotatable bonds is 3. The molecule has 0 amide bonds. The number of halogens is 1. The van der Waals surface area contributed by atoms with Crippen LogP contribution >= 0.6 is 11.6 Å². The molecule has 1 aliphatic heterocycles. The summed E-state index contributed by atoms with van der Waals surface area (Å²) in [5.74, 6) is -0.489. The molecule has 5 heteroatoms. The first-order chi connectivity index (χ1) is 8.87. The molecule has 1 aromatic rings. The van der Waals surface area contributed by atoms with E-state index in [1.807, 2.05) is 51.0 Å². The molecule has 1 heterocycles. The molecule has 19 heavy (non-hydrogen) atoms. The normalized spacial score (nSPS) is 19.2. The van der Waals surface area contributed by atoms with Crippen LogP contribution in [-0.4, -0.2) is 39.1 Å². The summed E-state index contributed by atoms with van der Waals surface area (Å²) < 4.78 is 11.3. The average molecular weight is 285 g/mol. The predicted molar refractivity (Wildman–Crippen MR) is 79.2 cm³/mol. The lowest BCUT2D eigenvalue weighted by atomic mass is 10.2. The van der Waals surface area contributed by atoms with Crippen molar-refractivity contribution < 1.29 is 9.47 Å². The van der Waals surface area contributed by atoms with Gasteiger partial charge in [0.1, 0.15) is 0 Å². The van der Waals surface area contributed by atoms with Crippen LogP contribution in [0.1, 0.15) is 13.8 Å². The molecule has 0 bridgehead atoms. The highest BCUT2D eigenvalue weighted by molar-refractivity contribution is 6.31. The zero-order valence-electron chi connectivity index (χ0n) is 11.9. The molecule has 1 fully saturated rings. The molecule has 0 spiro atoms. The third-order valence-corrected chi connectivity index (χ3v) is 3.30. The lowest BCUT2D eigenvalue weighted by molar-refractivity contribution is -0.247. The van der Waals surface area contributed by atoms with Crippen LogP contribution in [0.4, 0.5) is 11.4 Å². The zero-order chi connectivity index (χ0) is 14.0. The molecular formula is C14H21ClN2O2. The maximum absolute atomic E-state index is 6.06. The average Bonchev–Trinajstić information content (AvgIpc) is 2.31. The van der Waals surface area contributed by atoms with E-state index < -0.39 is 5.79 Å². The fraction of sp³-hybridized carbons (Fsp3) is 0.571. The van der Waals surface area contributed by atoms with E-state index in [9.17, 15) is 0 Å². The summed E-state index contributed by atoms with van der Waals surface area (Å²) in [4.78, 5) is 2.05. The molecule has 0 aromatic heterocycles. The smallest absolute Gasteiger partial charge is 0.162 e. The van der Waals surface area contributed by atoms with E-state index in [0.29, 0.717) is 18.2 Å². The van der Waals surface area contributed by atoms with E-state index in [1.54, 1.807) is 0 Å². The van der Waals surface area contributed by atoms with Gasteiger partial charge in [0, 0.05) is 19.1 Å². The van der Waals surface area contributed by atoms with E-state index in [4.69, 9.17) is 21.1 Å².